The van der Waals surface area contributed by atoms with E-state index in [2.05, 4.69) is 10.3 Å². The quantitative estimate of drug-likeness (QED) is 0.0525. The molecule has 0 aromatic rings. The summed E-state index contributed by atoms with van der Waals surface area (Å²) in [5, 5.41) is 31.0. The number of carbonyl (C=O) groups is 2. The second-order valence-electron chi connectivity index (χ2n) is 6.80. The summed E-state index contributed by atoms with van der Waals surface area (Å²) in [7, 11) is -1.71. The van der Waals surface area contributed by atoms with Crippen molar-refractivity contribution in [3.8, 4) is 0 Å². The summed E-state index contributed by atoms with van der Waals surface area (Å²) in [6.07, 6.45) is 3.90. The molecule has 0 rings (SSSR count). The second-order valence-corrected chi connectivity index (χ2v) is 6.80. The van der Waals surface area contributed by atoms with E-state index in [-0.39, 0.29) is 37.0 Å². The number of guanidine groups is 1. The molecule has 0 aromatic heterocycles. The second kappa shape index (κ2) is 13.7. The predicted octanol–water partition coefficient (Wildman–Crippen LogP) is -0.443. The van der Waals surface area contributed by atoms with E-state index in [0.717, 1.165) is 0 Å². The van der Waals surface area contributed by atoms with Crippen LogP contribution in [0.25, 0.3) is 0 Å². The van der Waals surface area contributed by atoms with Gasteiger partial charge in [-0.25, -0.2) is 15.1 Å². The molecule has 1 amide bonds. The minimum Gasteiger partial charge on any atom is -0.426 e. The number of rotatable bonds is 13. The fraction of sp³-hybridized carbons (Fsp3) is 0.688. The van der Waals surface area contributed by atoms with Gasteiger partial charge in [0.25, 0.3) is 5.96 Å². The standard InChI is InChI=1S/C16H30BN5O6/c1-4-6-13(23)10-12(7-5-8-19-16(18)21-22(27)28)15(24)20-14(17(25)26)9-11(2)3/h4,6,11-12,14,25-26H,5,7-10H2,1-3H3,(H,20,24)(H3,18,19,21)/b6-4+/t12-,14+/m1/s1. The minimum atomic E-state index is -1.71. The monoisotopic (exact) mass is 399 g/mol. The first-order valence-electron chi connectivity index (χ1n) is 9.09. The molecule has 0 aromatic carbocycles. The van der Waals surface area contributed by atoms with Gasteiger partial charge < -0.3 is 21.1 Å². The van der Waals surface area contributed by atoms with Crippen molar-refractivity contribution < 1.29 is 24.7 Å². The summed E-state index contributed by atoms with van der Waals surface area (Å²) in [4.78, 5) is 38.5. The summed E-state index contributed by atoms with van der Waals surface area (Å²) in [6.45, 7) is 5.59. The maximum absolute atomic E-state index is 12.6. The van der Waals surface area contributed by atoms with Crippen molar-refractivity contribution in [1.29, 1.82) is 0 Å². The Hall–Kier alpha value is -2.47. The minimum absolute atomic E-state index is 0.0432. The van der Waals surface area contributed by atoms with Crippen molar-refractivity contribution in [3.63, 3.8) is 0 Å². The lowest BCUT2D eigenvalue weighted by atomic mass is 9.74. The van der Waals surface area contributed by atoms with Crippen LogP contribution >= 0.6 is 0 Å². The maximum atomic E-state index is 12.6. The number of nitrogens with zero attached hydrogens (tertiary/aromatic N) is 2. The Labute approximate surface area is 164 Å². The van der Waals surface area contributed by atoms with E-state index in [9.17, 15) is 29.8 Å². The van der Waals surface area contributed by atoms with Crippen molar-refractivity contribution in [2.24, 2.45) is 22.6 Å². The highest BCUT2D eigenvalue weighted by Crippen LogP contribution is 2.15. The fourth-order valence-electron chi connectivity index (χ4n) is 2.55. The van der Waals surface area contributed by atoms with E-state index < -0.39 is 29.9 Å². The summed E-state index contributed by atoms with van der Waals surface area (Å²) >= 11 is 0. The van der Waals surface area contributed by atoms with Crippen LogP contribution in [-0.4, -0.2) is 52.3 Å². The van der Waals surface area contributed by atoms with E-state index in [0.29, 0.717) is 12.8 Å². The van der Waals surface area contributed by atoms with Gasteiger partial charge in [-0.2, -0.15) is 0 Å². The summed E-state index contributed by atoms with van der Waals surface area (Å²) < 4.78 is 0. The Morgan fingerprint density at radius 1 is 1.36 bits per heavy atom. The van der Waals surface area contributed by atoms with Crippen LogP contribution in [0.15, 0.2) is 17.1 Å². The molecule has 6 N–H and O–H groups in total. The number of nitro groups is 1. The number of amides is 1. The Balaban J connectivity index is 4.96. The lowest BCUT2D eigenvalue weighted by molar-refractivity contribution is -0.525. The van der Waals surface area contributed by atoms with Gasteiger partial charge in [0, 0.05) is 18.9 Å². The number of aliphatic imine (C=N–C) groups is 1. The molecule has 0 aliphatic rings. The van der Waals surface area contributed by atoms with E-state index in [1.54, 1.807) is 18.4 Å². The third kappa shape index (κ3) is 12.0. The van der Waals surface area contributed by atoms with E-state index >= 15 is 0 Å². The Bertz CT molecular complexity index is 582. The number of nitrogens with two attached hydrogens (primary N) is 1. The summed E-state index contributed by atoms with van der Waals surface area (Å²) in [5.41, 5.74) is 7.03. The zero-order chi connectivity index (χ0) is 21.7. The van der Waals surface area contributed by atoms with Crippen molar-refractivity contribution in [3.05, 3.63) is 22.3 Å². The molecule has 0 spiro atoms. The molecule has 0 saturated carbocycles. The van der Waals surface area contributed by atoms with E-state index in [1.807, 2.05) is 13.8 Å². The molecule has 0 radical (unpaired) electrons. The van der Waals surface area contributed by atoms with Crippen molar-refractivity contribution in [2.75, 3.05) is 6.54 Å². The third-order valence-corrected chi connectivity index (χ3v) is 3.78. The average molecular weight is 399 g/mol. The SMILES string of the molecule is C/C=C/C(=O)C[C@@H](CCCN=C(N)N[N+](=O)[O-])C(=O)N[C@@H](CC(C)C)B(O)O. The van der Waals surface area contributed by atoms with E-state index in [4.69, 9.17) is 5.73 Å². The average Bonchev–Trinajstić information content (AvgIpc) is 2.55. The first-order valence-corrected chi connectivity index (χ1v) is 9.09. The number of carbonyl (C=O) groups excluding carboxylic acids is 2. The molecule has 0 unspecified atom stereocenters. The van der Waals surface area contributed by atoms with Crippen molar-refractivity contribution in [2.45, 2.75) is 52.4 Å². The molecule has 28 heavy (non-hydrogen) atoms. The van der Waals surface area contributed by atoms with Crippen LogP contribution in [0.1, 0.15) is 46.5 Å². The van der Waals surface area contributed by atoms with Crippen LogP contribution in [0.2, 0.25) is 0 Å². The Morgan fingerprint density at radius 2 is 2.00 bits per heavy atom. The van der Waals surface area contributed by atoms with Crippen LogP contribution in [0, 0.1) is 22.0 Å². The Kier molecular flexibility index (Phi) is 12.5. The first kappa shape index (κ1) is 25.5. The van der Waals surface area contributed by atoms with Gasteiger partial charge in [0.1, 0.15) is 0 Å². The lowest BCUT2D eigenvalue weighted by Crippen LogP contribution is -2.49. The summed E-state index contributed by atoms with van der Waals surface area (Å²) in [5.74, 6) is -2.46. The molecule has 0 bridgehead atoms. The van der Waals surface area contributed by atoms with Gasteiger partial charge in [-0.3, -0.25) is 9.59 Å². The van der Waals surface area contributed by atoms with Gasteiger partial charge >= 0.3 is 7.12 Å². The van der Waals surface area contributed by atoms with Crippen LogP contribution in [0.4, 0.5) is 0 Å². The number of ketones is 1. The highest BCUT2D eigenvalue weighted by atomic mass is 16.7. The molecule has 0 saturated heterocycles. The van der Waals surface area contributed by atoms with Crippen molar-refractivity contribution in [1.82, 2.24) is 10.7 Å². The van der Waals surface area contributed by atoms with Gasteiger partial charge in [-0.15, -0.1) is 0 Å². The molecular formula is C16H30BN5O6. The molecule has 0 fully saturated rings. The third-order valence-electron chi connectivity index (χ3n) is 3.78. The van der Waals surface area contributed by atoms with Crippen LogP contribution < -0.4 is 16.5 Å². The molecule has 0 heterocycles. The highest BCUT2D eigenvalue weighted by molar-refractivity contribution is 6.43. The van der Waals surface area contributed by atoms with E-state index in [1.165, 1.54) is 6.08 Å². The predicted molar refractivity (Wildman–Crippen MR) is 105 cm³/mol. The topological polar surface area (TPSA) is 180 Å². The molecule has 2 atom stereocenters. The Morgan fingerprint density at radius 3 is 2.50 bits per heavy atom. The molecule has 158 valence electrons. The lowest BCUT2D eigenvalue weighted by Gasteiger charge is -2.23. The van der Waals surface area contributed by atoms with Gasteiger partial charge in [0.05, 0.1) is 5.94 Å². The first-order chi connectivity index (χ1) is 13.1. The molecule has 12 heteroatoms. The van der Waals surface area contributed by atoms with Crippen LogP contribution in [0.5, 0.6) is 0 Å². The smallest absolute Gasteiger partial charge is 0.426 e. The number of hydrazine groups is 1. The zero-order valence-electron chi connectivity index (χ0n) is 16.5. The summed E-state index contributed by atoms with van der Waals surface area (Å²) in [6, 6.07) is 0. The van der Waals surface area contributed by atoms with Crippen LogP contribution in [-0.2, 0) is 9.59 Å². The number of allylic oxidation sites excluding steroid dienone is 2. The van der Waals surface area contributed by atoms with Gasteiger partial charge in [-0.1, -0.05) is 25.3 Å². The van der Waals surface area contributed by atoms with Crippen LogP contribution in [0.3, 0.4) is 0 Å². The number of nitrogens with one attached hydrogen (secondary N) is 2. The largest absolute Gasteiger partial charge is 0.475 e. The zero-order valence-corrected chi connectivity index (χ0v) is 16.5. The fourth-order valence-corrected chi connectivity index (χ4v) is 2.55. The number of hydrogen-bond donors (Lipinski definition) is 5. The maximum Gasteiger partial charge on any atom is 0.475 e. The molecule has 0 aliphatic carbocycles. The highest BCUT2D eigenvalue weighted by Gasteiger charge is 2.29. The number of hydrogen-bond acceptors (Lipinski definition) is 7. The normalized spacial score (nSPS) is 14.0. The molecule has 0 aliphatic heterocycles. The van der Waals surface area contributed by atoms with Gasteiger partial charge in [0.15, 0.2) is 10.8 Å². The van der Waals surface area contributed by atoms with Gasteiger partial charge in [-0.05, 0) is 38.2 Å². The molecule has 11 nitrogen and oxygen atoms in total. The van der Waals surface area contributed by atoms with Gasteiger partial charge in [0.2, 0.25) is 5.91 Å². The molecular weight excluding hydrogens is 369 g/mol. The van der Waals surface area contributed by atoms with Crippen molar-refractivity contribution >= 4 is 24.8 Å².